The van der Waals surface area contributed by atoms with Crippen molar-refractivity contribution in [1.82, 2.24) is 30.1 Å². The van der Waals surface area contributed by atoms with Gasteiger partial charge < -0.3 is 0 Å². The minimum atomic E-state index is -4.66. The highest BCUT2D eigenvalue weighted by molar-refractivity contribution is 7.99. The highest BCUT2D eigenvalue weighted by Gasteiger charge is 2.34. The van der Waals surface area contributed by atoms with Gasteiger partial charge in [-0.3, -0.25) is 10.1 Å². The van der Waals surface area contributed by atoms with Crippen molar-refractivity contribution in [1.29, 1.82) is 0 Å². The normalized spacial score (nSPS) is 11.6. The number of nitrogens with one attached hydrogen (secondary N) is 1. The highest BCUT2D eigenvalue weighted by atomic mass is 32.2. The number of H-pyrrole nitrogens is 1. The molecule has 0 aliphatic rings. The lowest BCUT2D eigenvalue weighted by molar-refractivity contribution is -0.141. The Hall–Kier alpha value is -3.34. The van der Waals surface area contributed by atoms with Gasteiger partial charge in [-0.25, -0.2) is 19.3 Å². The molecule has 0 amide bonds. The predicted octanol–water partition coefficient (Wildman–Crippen LogP) is 4.63. The Kier molecular flexibility index (Phi) is 4.97. The number of benzene rings is 1. The summed E-state index contributed by atoms with van der Waals surface area (Å²) >= 11 is 0.805. The molecule has 0 saturated carbocycles. The summed E-state index contributed by atoms with van der Waals surface area (Å²) in [7, 11) is 0. The van der Waals surface area contributed by atoms with E-state index in [1.165, 1.54) is 42.7 Å². The maximum absolute atomic E-state index is 13.9. The van der Waals surface area contributed by atoms with E-state index in [-0.39, 0.29) is 27.4 Å². The van der Waals surface area contributed by atoms with Crippen LogP contribution in [0.25, 0.3) is 22.8 Å². The Morgan fingerprint density at radius 3 is 2.41 bits per heavy atom. The van der Waals surface area contributed by atoms with E-state index in [0.29, 0.717) is 5.56 Å². The van der Waals surface area contributed by atoms with E-state index in [1.807, 2.05) is 0 Å². The Morgan fingerprint density at radius 2 is 1.69 bits per heavy atom. The van der Waals surface area contributed by atoms with Gasteiger partial charge in [-0.1, -0.05) is 12.1 Å². The van der Waals surface area contributed by atoms with E-state index in [0.717, 1.165) is 17.8 Å². The first-order valence-electron chi connectivity index (χ1n) is 8.12. The maximum atomic E-state index is 13.9. The van der Waals surface area contributed by atoms with E-state index >= 15 is 0 Å². The number of aromatic amines is 1. The van der Waals surface area contributed by atoms with Crippen molar-refractivity contribution >= 4 is 11.8 Å². The first kappa shape index (κ1) is 19.0. The van der Waals surface area contributed by atoms with Crippen molar-refractivity contribution in [2.24, 2.45) is 0 Å². The number of aromatic nitrogens is 6. The van der Waals surface area contributed by atoms with Gasteiger partial charge in [-0.2, -0.15) is 13.2 Å². The summed E-state index contributed by atoms with van der Waals surface area (Å²) in [6.45, 7) is 0. The molecule has 0 aliphatic carbocycles. The largest absolute Gasteiger partial charge is 0.433 e. The molecule has 0 unspecified atom stereocenters. The zero-order chi connectivity index (χ0) is 20.4. The van der Waals surface area contributed by atoms with Crippen molar-refractivity contribution in [3.63, 3.8) is 0 Å². The summed E-state index contributed by atoms with van der Waals surface area (Å²) in [5.41, 5.74) is -0.510. The number of hydrogen-bond acceptors (Lipinski definition) is 6. The third-order valence-electron chi connectivity index (χ3n) is 3.72. The molecule has 1 aromatic carbocycles. The number of alkyl halides is 3. The average molecular weight is 418 g/mol. The summed E-state index contributed by atoms with van der Waals surface area (Å²) in [6.07, 6.45) is -1.79. The molecule has 4 rings (SSSR count). The molecule has 0 aliphatic heterocycles. The minimum Gasteiger partial charge on any atom is -0.265 e. The quantitative estimate of drug-likeness (QED) is 0.384. The predicted molar refractivity (Wildman–Crippen MR) is 96.2 cm³/mol. The van der Waals surface area contributed by atoms with E-state index in [2.05, 4.69) is 30.1 Å². The average Bonchev–Trinajstić information content (AvgIpc) is 3.16. The number of rotatable bonds is 4. The van der Waals surface area contributed by atoms with Crippen LogP contribution in [0.2, 0.25) is 0 Å². The number of nitrogens with zero attached hydrogens (tertiary/aromatic N) is 5. The molecule has 1 N–H and O–H groups in total. The lowest BCUT2D eigenvalue weighted by Crippen LogP contribution is -2.10. The van der Waals surface area contributed by atoms with Gasteiger partial charge in [0.2, 0.25) is 5.16 Å². The summed E-state index contributed by atoms with van der Waals surface area (Å²) in [5, 5.41) is 6.60. The highest BCUT2D eigenvalue weighted by Crippen LogP contribution is 2.33. The Labute approximate surface area is 165 Å². The molecule has 3 aromatic heterocycles. The van der Waals surface area contributed by atoms with Gasteiger partial charge >= 0.3 is 6.18 Å². The summed E-state index contributed by atoms with van der Waals surface area (Å²) in [6, 6.07) is 9.78. The first-order valence-corrected chi connectivity index (χ1v) is 8.93. The van der Waals surface area contributed by atoms with Gasteiger partial charge in [-0.05, 0) is 36.0 Å². The summed E-state index contributed by atoms with van der Waals surface area (Å²) < 4.78 is 53.7. The van der Waals surface area contributed by atoms with Gasteiger partial charge in [0.15, 0.2) is 11.6 Å². The standard InChI is InChI=1S/C18H10F4N6S/c19-12-4-2-1-3-11(12)16-26-17(28-27-16)29-14-9-13(18(20,21)22)24-15(25-14)10-5-7-23-8-6-10/h1-9H,(H,26,27,28). The first-order chi connectivity index (χ1) is 13.9. The summed E-state index contributed by atoms with van der Waals surface area (Å²) in [5.74, 6) is -0.443. The van der Waals surface area contributed by atoms with E-state index in [1.54, 1.807) is 6.07 Å². The molecular formula is C18H10F4N6S. The van der Waals surface area contributed by atoms with E-state index in [4.69, 9.17) is 0 Å². The van der Waals surface area contributed by atoms with Crippen LogP contribution in [0, 0.1) is 5.82 Å². The molecule has 11 heteroatoms. The fraction of sp³-hybridized carbons (Fsp3) is 0.0556. The SMILES string of the molecule is Fc1ccccc1-c1nc(Sc2cc(C(F)(F)F)nc(-c3ccncc3)n2)n[nH]1. The second-order valence-electron chi connectivity index (χ2n) is 5.70. The van der Waals surface area contributed by atoms with Crippen molar-refractivity contribution in [2.75, 3.05) is 0 Å². The molecule has 6 nitrogen and oxygen atoms in total. The van der Waals surface area contributed by atoms with Crippen LogP contribution in [-0.4, -0.2) is 30.1 Å². The van der Waals surface area contributed by atoms with Gasteiger partial charge in [0, 0.05) is 24.0 Å². The van der Waals surface area contributed by atoms with Crippen molar-refractivity contribution < 1.29 is 17.6 Å². The third kappa shape index (κ3) is 4.24. The van der Waals surface area contributed by atoms with E-state index < -0.39 is 17.7 Å². The maximum Gasteiger partial charge on any atom is 0.433 e. The van der Waals surface area contributed by atoms with Crippen LogP contribution >= 0.6 is 11.8 Å². The molecule has 0 bridgehead atoms. The molecule has 29 heavy (non-hydrogen) atoms. The van der Waals surface area contributed by atoms with Crippen LogP contribution in [0.3, 0.4) is 0 Å². The van der Waals surface area contributed by atoms with E-state index in [9.17, 15) is 17.6 Å². The Bertz CT molecular complexity index is 1150. The van der Waals surface area contributed by atoms with Gasteiger partial charge in [-0.15, -0.1) is 5.10 Å². The molecule has 0 atom stereocenters. The Balaban J connectivity index is 1.69. The molecule has 146 valence electrons. The van der Waals surface area contributed by atoms with Crippen LogP contribution in [-0.2, 0) is 6.18 Å². The lowest BCUT2D eigenvalue weighted by atomic mass is 10.2. The van der Waals surface area contributed by atoms with Gasteiger partial charge in [0.25, 0.3) is 0 Å². The van der Waals surface area contributed by atoms with Crippen LogP contribution in [0.15, 0.2) is 65.0 Å². The fourth-order valence-electron chi connectivity index (χ4n) is 2.41. The van der Waals surface area contributed by atoms with Crippen LogP contribution in [0.4, 0.5) is 17.6 Å². The molecule has 0 radical (unpaired) electrons. The van der Waals surface area contributed by atoms with Crippen LogP contribution in [0.5, 0.6) is 0 Å². The fourth-order valence-corrected chi connectivity index (χ4v) is 3.13. The monoisotopic (exact) mass is 418 g/mol. The summed E-state index contributed by atoms with van der Waals surface area (Å²) in [4.78, 5) is 15.7. The molecular weight excluding hydrogens is 408 g/mol. The van der Waals surface area contributed by atoms with Gasteiger partial charge in [0.05, 0.1) is 5.56 Å². The minimum absolute atomic E-state index is 0.00165. The van der Waals surface area contributed by atoms with Gasteiger partial charge in [0.1, 0.15) is 16.5 Å². The van der Waals surface area contributed by atoms with Crippen LogP contribution < -0.4 is 0 Å². The molecule has 0 saturated heterocycles. The molecule has 3 heterocycles. The zero-order valence-corrected chi connectivity index (χ0v) is 15.2. The van der Waals surface area contributed by atoms with Crippen molar-refractivity contribution in [3.05, 3.63) is 66.4 Å². The molecule has 0 spiro atoms. The second-order valence-corrected chi connectivity index (χ2v) is 6.68. The third-order valence-corrected chi connectivity index (χ3v) is 4.50. The topological polar surface area (TPSA) is 80.2 Å². The van der Waals surface area contributed by atoms with Crippen molar-refractivity contribution in [2.45, 2.75) is 16.4 Å². The number of halogens is 4. The number of hydrogen-bond donors (Lipinski definition) is 1. The van der Waals surface area contributed by atoms with Crippen molar-refractivity contribution in [3.8, 4) is 22.8 Å². The lowest BCUT2D eigenvalue weighted by Gasteiger charge is -2.09. The second kappa shape index (κ2) is 7.59. The zero-order valence-electron chi connectivity index (χ0n) is 14.4. The smallest absolute Gasteiger partial charge is 0.265 e. The van der Waals surface area contributed by atoms with Crippen LogP contribution in [0.1, 0.15) is 5.69 Å². The molecule has 0 fully saturated rings. The Morgan fingerprint density at radius 1 is 0.931 bits per heavy atom. The molecule has 4 aromatic rings. The number of pyridine rings is 1.